The third-order valence-corrected chi connectivity index (χ3v) is 11.9. The molecule has 2 aromatic heterocycles. The summed E-state index contributed by atoms with van der Waals surface area (Å²) in [4.78, 5) is 54.2. The molecule has 300 valence electrons. The molecule has 1 aliphatic heterocycles. The van der Waals surface area contributed by atoms with Gasteiger partial charge in [-0.1, -0.05) is 54.9 Å². The van der Waals surface area contributed by atoms with E-state index >= 15 is 0 Å². The average Bonchev–Trinajstić information content (AvgIpc) is 4.07. The molecule has 0 radical (unpaired) electrons. The Hall–Kier alpha value is -4.84. The van der Waals surface area contributed by atoms with Crippen LogP contribution in [0.1, 0.15) is 85.3 Å². The van der Waals surface area contributed by atoms with Crippen molar-refractivity contribution in [3.63, 3.8) is 0 Å². The number of fused-ring (bicyclic) bond motifs is 2. The number of nitrogens with zero attached hydrogens (tertiary/aromatic N) is 5. The molecule has 12 heteroatoms. The first kappa shape index (κ1) is 40.4. The number of hydrogen-bond donors (Lipinski definition) is 2. The van der Waals surface area contributed by atoms with Crippen LogP contribution in [0.2, 0.25) is 5.02 Å². The summed E-state index contributed by atoms with van der Waals surface area (Å²) in [6.45, 7) is 4.82. The van der Waals surface area contributed by atoms with E-state index in [1.165, 1.54) is 10.9 Å². The SMILES string of the molecule is CC(c1ccccc1)C(CCCNC(=O)c1ccc2c(Cl)cc(C3CC3)nc2c1)C(=O)N1CCC(O)(Cn2cnc3cc(OCCCN(C)C)ccc3c2=O)CC1. The van der Waals surface area contributed by atoms with Gasteiger partial charge in [0.2, 0.25) is 5.91 Å². The van der Waals surface area contributed by atoms with E-state index in [1.807, 2.05) is 61.5 Å². The van der Waals surface area contributed by atoms with Crippen LogP contribution in [-0.4, -0.2) is 93.7 Å². The van der Waals surface area contributed by atoms with Gasteiger partial charge >= 0.3 is 0 Å². The van der Waals surface area contributed by atoms with Crippen molar-refractivity contribution < 1.29 is 19.4 Å². The van der Waals surface area contributed by atoms with Crippen molar-refractivity contribution in [3.05, 3.63) is 111 Å². The maximum absolute atomic E-state index is 14.3. The van der Waals surface area contributed by atoms with Gasteiger partial charge in [-0.05, 0) is 101 Å². The van der Waals surface area contributed by atoms with Crippen LogP contribution < -0.4 is 15.6 Å². The number of hydrogen-bond acceptors (Lipinski definition) is 8. The monoisotopic (exact) mass is 792 g/mol. The van der Waals surface area contributed by atoms with E-state index < -0.39 is 5.60 Å². The zero-order valence-corrected chi connectivity index (χ0v) is 33.9. The summed E-state index contributed by atoms with van der Waals surface area (Å²) in [6, 6.07) is 22.7. The van der Waals surface area contributed by atoms with E-state index in [4.69, 9.17) is 21.3 Å². The zero-order valence-electron chi connectivity index (χ0n) is 33.1. The molecule has 3 heterocycles. The lowest BCUT2D eigenvalue weighted by Gasteiger charge is -2.40. The number of piperidine rings is 1. The summed E-state index contributed by atoms with van der Waals surface area (Å²) < 4.78 is 7.34. The molecule has 7 rings (SSSR count). The second-order valence-corrected chi connectivity index (χ2v) is 16.6. The maximum atomic E-state index is 14.3. The quantitative estimate of drug-likeness (QED) is 0.105. The van der Waals surface area contributed by atoms with Crippen molar-refractivity contribution in [2.24, 2.45) is 5.92 Å². The summed E-state index contributed by atoms with van der Waals surface area (Å²) in [6.07, 6.45) is 6.46. The predicted molar refractivity (Wildman–Crippen MR) is 224 cm³/mol. The van der Waals surface area contributed by atoms with Gasteiger partial charge in [0.05, 0.1) is 46.5 Å². The van der Waals surface area contributed by atoms with E-state index in [1.54, 1.807) is 30.3 Å². The minimum Gasteiger partial charge on any atom is -0.493 e. The highest BCUT2D eigenvalue weighted by Gasteiger charge is 2.38. The molecule has 0 bridgehead atoms. The molecule has 2 N–H and O–H groups in total. The number of halogens is 1. The second kappa shape index (κ2) is 17.7. The Morgan fingerprint density at radius 2 is 1.75 bits per heavy atom. The minimum atomic E-state index is -1.17. The molecule has 2 atom stereocenters. The maximum Gasteiger partial charge on any atom is 0.261 e. The number of likely N-dealkylation sites (tertiary alicyclic amines) is 1. The first-order valence-electron chi connectivity index (χ1n) is 20.2. The Balaban J connectivity index is 0.958. The topological polar surface area (TPSA) is 130 Å². The summed E-state index contributed by atoms with van der Waals surface area (Å²) in [5.41, 5.74) is 2.46. The predicted octanol–water partition coefficient (Wildman–Crippen LogP) is 6.79. The fourth-order valence-corrected chi connectivity index (χ4v) is 8.17. The number of aliphatic hydroxyl groups is 1. The molecule has 57 heavy (non-hydrogen) atoms. The lowest BCUT2D eigenvalue weighted by atomic mass is 9.82. The van der Waals surface area contributed by atoms with E-state index in [-0.39, 0.29) is 35.8 Å². The molecule has 5 aromatic rings. The highest BCUT2D eigenvalue weighted by molar-refractivity contribution is 6.35. The van der Waals surface area contributed by atoms with Gasteiger partial charge in [0.15, 0.2) is 0 Å². The molecular formula is C45H53ClN6O5. The standard InChI is InChI=1S/C45H53ClN6O5/c1-30(31-9-5-4-6-10-31)35(11-7-20-47-42(53)33-14-16-36-38(46)27-39(32-12-13-32)49-41(36)25-33)43(54)51-22-18-45(56,19-23-51)28-52-29-48-40-26-34(15-17-37(40)44(52)55)57-24-8-21-50(2)3/h4-6,9-10,14-17,25-27,29-30,32,35,56H,7-8,11-13,18-24,28H2,1-3H3,(H,47,53). The van der Waals surface area contributed by atoms with Crippen LogP contribution in [0.4, 0.5) is 0 Å². The van der Waals surface area contributed by atoms with Gasteiger partial charge in [0, 0.05) is 60.7 Å². The molecule has 3 aromatic carbocycles. The Labute approximate surface area is 339 Å². The largest absolute Gasteiger partial charge is 0.493 e. The molecule has 2 amide bonds. The molecule has 2 fully saturated rings. The molecule has 2 unspecified atom stereocenters. The summed E-state index contributed by atoms with van der Waals surface area (Å²) >= 11 is 6.54. The van der Waals surface area contributed by atoms with E-state index in [0.29, 0.717) is 85.1 Å². The van der Waals surface area contributed by atoms with Gasteiger partial charge in [-0.3, -0.25) is 23.9 Å². The normalized spacial score (nSPS) is 16.5. The van der Waals surface area contributed by atoms with Crippen LogP contribution in [0.25, 0.3) is 21.8 Å². The van der Waals surface area contributed by atoms with Gasteiger partial charge in [-0.15, -0.1) is 0 Å². The van der Waals surface area contributed by atoms with Crippen LogP contribution in [0, 0.1) is 5.92 Å². The van der Waals surface area contributed by atoms with E-state index in [9.17, 15) is 19.5 Å². The fourth-order valence-electron chi connectivity index (χ4n) is 7.90. The fraction of sp³-hybridized carbons (Fsp3) is 0.444. The second-order valence-electron chi connectivity index (χ2n) is 16.2. The van der Waals surface area contributed by atoms with E-state index in [0.717, 1.165) is 48.0 Å². The number of nitrogens with one attached hydrogen (secondary N) is 1. The Kier molecular flexibility index (Phi) is 12.6. The van der Waals surface area contributed by atoms with Crippen LogP contribution in [0.15, 0.2) is 83.9 Å². The van der Waals surface area contributed by atoms with Crippen LogP contribution in [0.3, 0.4) is 0 Å². The van der Waals surface area contributed by atoms with Crippen molar-refractivity contribution in [3.8, 4) is 5.75 Å². The van der Waals surface area contributed by atoms with Gasteiger partial charge in [-0.2, -0.15) is 0 Å². The number of carbonyl (C=O) groups excluding carboxylic acids is 2. The average molecular weight is 793 g/mol. The molecule has 1 aliphatic carbocycles. The zero-order chi connectivity index (χ0) is 40.1. The minimum absolute atomic E-state index is 0.0351. The number of aromatic nitrogens is 3. The number of ether oxygens (including phenoxy) is 1. The summed E-state index contributed by atoms with van der Waals surface area (Å²) in [5, 5.41) is 16.7. The highest BCUT2D eigenvalue weighted by atomic mass is 35.5. The highest BCUT2D eigenvalue weighted by Crippen LogP contribution is 2.41. The van der Waals surface area contributed by atoms with Crippen molar-refractivity contribution in [2.45, 2.75) is 75.9 Å². The van der Waals surface area contributed by atoms with Crippen molar-refractivity contribution in [2.75, 3.05) is 46.9 Å². The van der Waals surface area contributed by atoms with Crippen LogP contribution in [-0.2, 0) is 11.3 Å². The van der Waals surface area contributed by atoms with Crippen molar-refractivity contribution in [1.29, 1.82) is 0 Å². The number of amides is 2. The number of benzene rings is 3. The molecule has 11 nitrogen and oxygen atoms in total. The lowest BCUT2D eigenvalue weighted by molar-refractivity contribution is -0.141. The first-order valence-corrected chi connectivity index (χ1v) is 20.6. The van der Waals surface area contributed by atoms with E-state index in [2.05, 4.69) is 22.1 Å². The Bertz CT molecular complexity index is 2270. The molecule has 2 aliphatic rings. The first-order chi connectivity index (χ1) is 27.5. The van der Waals surface area contributed by atoms with Crippen molar-refractivity contribution >= 4 is 45.2 Å². The summed E-state index contributed by atoms with van der Waals surface area (Å²) in [7, 11) is 4.04. The number of rotatable bonds is 16. The molecule has 0 spiro atoms. The molecular weight excluding hydrogens is 740 g/mol. The van der Waals surface area contributed by atoms with Crippen LogP contribution >= 0.6 is 11.6 Å². The van der Waals surface area contributed by atoms with Gasteiger partial charge in [-0.25, -0.2) is 4.98 Å². The van der Waals surface area contributed by atoms with Gasteiger partial charge in [0.1, 0.15) is 5.75 Å². The molecule has 1 saturated carbocycles. The third kappa shape index (κ3) is 9.83. The number of pyridine rings is 1. The van der Waals surface area contributed by atoms with Crippen LogP contribution in [0.5, 0.6) is 5.75 Å². The Morgan fingerprint density at radius 1 is 1.00 bits per heavy atom. The van der Waals surface area contributed by atoms with Crippen molar-refractivity contribution in [1.82, 2.24) is 29.7 Å². The van der Waals surface area contributed by atoms with Gasteiger partial charge < -0.3 is 25.0 Å². The van der Waals surface area contributed by atoms with Gasteiger partial charge in [0.25, 0.3) is 11.5 Å². The lowest BCUT2D eigenvalue weighted by Crippen LogP contribution is -2.51. The number of carbonyl (C=O) groups is 2. The third-order valence-electron chi connectivity index (χ3n) is 11.5. The smallest absolute Gasteiger partial charge is 0.261 e. The molecule has 1 saturated heterocycles. The summed E-state index contributed by atoms with van der Waals surface area (Å²) in [5.74, 6) is 0.584. The Morgan fingerprint density at radius 3 is 2.49 bits per heavy atom.